The molecule has 0 amide bonds. The van der Waals surface area contributed by atoms with E-state index in [4.69, 9.17) is 5.11 Å². The van der Waals surface area contributed by atoms with Gasteiger partial charge >= 0.3 is 5.97 Å². The highest BCUT2D eigenvalue weighted by molar-refractivity contribution is 5.66. The smallest absolute Gasteiger partial charge is 0.303 e. The summed E-state index contributed by atoms with van der Waals surface area (Å²) >= 11 is 0. The average Bonchev–Trinajstić information content (AvgIpc) is 2.59. The van der Waals surface area contributed by atoms with Crippen LogP contribution in [0, 0.1) is 0 Å². The van der Waals surface area contributed by atoms with Gasteiger partial charge in [0, 0.05) is 6.42 Å². The average molecular weight is 360 g/mol. The number of carboxylic acids is 1. The third kappa shape index (κ3) is 18.2. The lowest BCUT2D eigenvalue weighted by Crippen LogP contribution is -2.03. The van der Waals surface area contributed by atoms with E-state index in [0.717, 1.165) is 12.8 Å². The summed E-state index contributed by atoms with van der Waals surface area (Å²) in [7, 11) is 0. The van der Waals surface area contributed by atoms with Crippen LogP contribution in [-0.2, 0) is 4.79 Å². The lowest BCUT2D eigenvalue weighted by molar-refractivity contribution is -0.137. The zero-order valence-electron chi connectivity index (χ0n) is 15.6. The van der Waals surface area contributed by atoms with Crippen molar-refractivity contribution in [2.24, 2.45) is 0 Å². The SMILES string of the molecule is CC/C=C\C[C@@H](O)/C=C/C=C\C\C=C/C=C/C=C/[C@@H](O)CCCC(=O)O. The van der Waals surface area contributed by atoms with Crippen molar-refractivity contribution in [1.82, 2.24) is 0 Å². The van der Waals surface area contributed by atoms with Crippen LogP contribution in [0.2, 0.25) is 0 Å². The first-order valence-corrected chi connectivity index (χ1v) is 9.12. The Balaban J connectivity index is 3.84. The molecule has 2 atom stereocenters. The van der Waals surface area contributed by atoms with Crippen LogP contribution in [0.25, 0.3) is 0 Å². The molecular formula is C22H32O4. The van der Waals surface area contributed by atoms with Crippen molar-refractivity contribution in [3.8, 4) is 0 Å². The number of hydrogen-bond acceptors (Lipinski definition) is 3. The van der Waals surface area contributed by atoms with Crippen LogP contribution in [0.1, 0.15) is 45.4 Å². The number of allylic oxidation sites excluding steroid dienone is 9. The molecule has 0 aromatic rings. The maximum absolute atomic E-state index is 10.4. The predicted molar refractivity (Wildman–Crippen MR) is 108 cm³/mol. The monoisotopic (exact) mass is 360 g/mol. The second kappa shape index (κ2) is 17.6. The quantitative estimate of drug-likeness (QED) is 0.315. The van der Waals surface area contributed by atoms with Gasteiger partial charge in [-0.25, -0.2) is 0 Å². The number of aliphatic hydroxyl groups is 2. The highest BCUT2D eigenvalue weighted by Gasteiger charge is 2.01. The fourth-order valence-electron chi connectivity index (χ4n) is 1.95. The molecule has 0 aliphatic rings. The van der Waals surface area contributed by atoms with Gasteiger partial charge in [0.2, 0.25) is 0 Å². The van der Waals surface area contributed by atoms with E-state index >= 15 is 0 Å². The molecule has 0 saturated heterocycles. The summed E-state index contributed by atoms with van der Waals surface area (Å²) in [6.45, 7) is 2.06. The van der Waals surface area contributed by atoms with Gasteiger partial charge in [0.05, 0.1) is 12.2 Å². The van der Waals surface area contributed by atoms with E-state index in [1.165, 1.54) is 0 Å². The first kappa shape index (κ1) is 23.8. The summed E-state index contributed by atoms with van der Waals surface area (Å²) < 4.78 is 0. The molecule has 0 aromatic carbocycles. The Kier molecular flexibility index (Phi) is 16.2. The summed E-state index contributed by atoms with van der Waals surface area (Å²) in [6, 6.07) is 0. The maximum Gasteiger partial charge on any atom is 0.303 e. The predicted octanol–water partition coefficient (Wildman–Crippen LogP) is 4.49. The zero-order valence-corrected chi connectivity index (χ0v) is 15.6. The Morgan fingerprint density at radius 3 is 2.15 bits per heavy atom. The van der Waals surface area contributed by atoms with Crippen molar-refractivity contribution in [3.63, 3.8) is 0 Å². The minimum atomic E-state index is -0.837. The van der Waals surface area contributed by atoms with Gasteiger partial charge in [0.25, 0.3) is 0 Å². The second-order valence-electron chi connectivity index (χ2n) is 5.78. The van der Waals surface area contributed by atoms with E-state index in [-0.39, 0.29) is 6.42 Å². The van der Waals surface area contributed by atoms with Crippen molar-refractivity contribution >= 4 is 5.97 Å². The van der Waals surface area contributed by atoms with E-state index in [1.807, 2.05) is 54.7 Å². The van der Waals surface area contributed by atoms with E-state index in [0.29, 0.717) is 19.3 Å². The first-order valence-electron chi connectivity index (χ1n) is 9.12. The second-order valence-corrected chi connectivity index (χ2v) is 5.78. The number of rotatable bonds is 14. The van der Waals surface area contributed by atoms with Gasteiger partial charge in [0.15, 0.2) is 0 Å². The molecular weight excluding hydrogens is 328 g/mol. The standard InChI is InChI=1S/C22H32O4/c1-2-3-11-15-20(23)16-12-9-7-5-4-6-8-10-13-17-21(24)18-14-19-22(25)26/h3-4,6-13,16-17,20-21,23-24H,2,5,14-15,18-19H2,1H3,(H,25,26)/b6-4-,9-7-,10-8+,11-3-,16-12+,17-13+/t20-,21-/m1/s1. The molecule has 4 nitrogen and oxygen atoms in total. The van der Waals surface area contributed by atoms with Crippen molar-refractivity contribution in [2.45, 2.75) is 57.7 Å². The third-order valence-electron chi connectivity index (χ3n) is 3.33. The Hall–Kier alpha value is -2.17. The molecule has 4 heteroatoms. The highest BCUT2D eigenvalue weighted by Crippen LogP contribution is 2.02. The van der Waals surface area contributed by atoms with Crippen molar-refractivity contribution < 1.29 is 20.1 Å². The number of carboxylic acid groups (broad SMARTS) is 1. The molecule has 26 heavy (non-hydrogen) atoms. The van der Waals surface area contributed by atoms with Gasteiger partial charge in [-0.05, 0) is 32.1 Å². The van der Waals surface area contributed by atoms with Crippen LogP contribution < -0.4 is 0 Å². The molecule has 0 saturated carbocycles. The van der Waals surface area contributed by atoms with Crippen LogP contribution in [0.4, 0.5) is 0 Å². The first-order chi connectivity index (χ1) is 12.6. The van der Waals surface area contributed by atoms with Gasteiger partial charge in [-0.3, -0.25) is 4.79 Å². The molecule has 0 rings (SSSR count). The fourth-order valence-corrected chi connectivity index (χ4v) is 1.95. The van der Waals surface area contributed by atoms with E-state index in [2.05, 4.69) is 6.92 Å². The van der Waals surface area contributed by atoms with Crippen LogP contribution >= 0.6 is 0 Å². The van der Waals surface area contributed by atoms with Gasteiger partial charge in [0.1, 0.15) is 0 Å². The molecule has 0 spiro atoms. The normalized spacial score (nSPS) is 15.5. The summed E-state index contributed by atoms with van der Waals surface area (Å²) in [5, 5.41) is 27.8. The minimum Gasteiger partial charge on any atom is -0.481 e. The van der Waals surface area contributed by atoms with Gasteiger partial charge in [-0.15, -0.1) is 0 Å². The molecule has 3 N–H and O–H groups in total. The van der Waals surface area contributed by atoms with Crippen molar-refractivity contribution in [3.05, 3.63) is 72.9 Å². The Labute approximate surface area is 157 Å². The minimum absolute atomic E-state index is 0.0844. The van der Waals surface area contributed by atoms with E-state index < -0.39 is 18.2 Å². The fraction of sp³-hybridized carbons (Fsp3) is 0.409. The van der Waals surface area contributed by atoms with Gasteiger partial charge in [-0.2, -0.15) is 0 Å². The third-order valence-corrected chi connectivity index (χ3v) is 3.33. The molecule has 0 aromatic heterocycles. The summed E-state index contributed by atoms with van der Waals surface area (Å²) in [4.78, 5) is 10.4. The Bertz CT molecular complexity index is 524. The van der Waals surface area contributed by atoms with Crippen LogP contribution in [0.3, 0.4) is 0 Å². The maximum atomic E-state index is 10.4. The number of carbonyl (C=O) groups is 1. The number of aliphatic hydroxyl groups excluding tert-OH is 2. The molecule has 0 aliphatic carbocycles. The molecule has 0 fully saturated rings. The van der Waals surface area contributed by atoms with E-state index in [9.17, 15) is 15.0 Å². The highest BCUT2D eigenvalue weighted by atomic mass is 16.4. The lowest BCUT2D eigenvalue weighted by Gasteiger charge is -2.02. The van der Waals surface area contributed by atoms with Crippen LogP contribution in [0.15, 0.2) is 72.9 Å². The number of hydrogen-bond donors (Lipinski definition) is 3. The Morgan fingerprint density at radius 1 is 0.846 bits per heavy atom. The molecule has 144 valence electrons. The molecule has 0 bridgehead atoms. The zero-order chi connectivity index (χ0) is 19.5. The van der Waals surface area contributed by atoms with Crippen molar-refractivity contribution in [1.29, 1.82) is 0 Å². The van der Waals surface area contributed by atoms with Crippen molar-refractivity contribution in [2.75, 3.05) is 0 Å². The Morgan fingerprint density at radius 2 is 1.46 bits per heavy atom. The number of aliphatic carboxylic acids is 1. The lowest BCUT2D eigenvalue weighted by atomic mass is 10.1. The molecule has 0 aliphatic heterocycles. The van der Waals surface area contributed by atoms with Gasteiger partial charge in [-0.1, -0.05) is 79.8 Å². The topological polar surface area (TPSA) is 77.8 Å². The van der Waals surface area contributed by atoms with Crippen LogP contribution in [-0.4, -0.2) is 33.5 Å². The largest absolute Gasteiger partial charge is 0.481 e. The van der Waals surface area contributed by atoms with E-state index in [1.54, 1.807) is 18.2 Å². The molecule has 0 heterocycles. The van der Waals surface area contributed by atoms with Gasteiger partial charge < -0.3 is 15.3 Å². The summed E-state index contributed by atoms with van der Waals surface area (Å²) in [6.07, 6.45) is 24.9. The molecule has 0 radical (unpaired) electrons. The summed E-state index contributed by atoms with van der Waals surface area (Å²) in [5.74, 6) is -0.837. The van der Waals surface area contributed by atoms with Crippen LogP contribution in [0.5, 0.6) is 0 Å². The molecule has 0 unspecified atom stereocenters. The summed E-state index contributed by atoms with van der Waals surface area (Å²) in [5.41, 5.74) is 0.